The molecule has 16 heavy (non-hydrogen) atoms. The van der Waals surface area contributed by atoms with Crippen molar-refractivity contribution < 1.29 is 0 Å². The molecule has 0 spiro atoms. The van der Waals surface area contributed by atoms with Gasteiger partial charge in [0.25, 0.3) is 0 Å². The van der Waals surface area contributed by atoms with Crippen LogP contribution in [0, 0.1) is 0 Å². The van der Waals surface area contributed by atoms with Crippen LogP contribution < -0.4 is 0 Å². The highest BCUT2D eigenvalue weighted by Gasteiger charge is 2.36. The molecule has 0 radical (unpaired) electrons. The van der Waals surface area contributed by atoms with Gasteiger partial charge in [0, 0.05) is 6.17 Å². The first-order valence-corrected chi connectivity index (χ1v) is 12.7. The SMILES string of the molecule is CC1N(C)[SiH](C)N(C)[SiH](C)N(C)[SiH](C)N1C. The van der Waals surface area contributed by atoms with E-state index in [1.807, 2.05) is 0 Å². The first kappa shape index (κ1) is 14.6. The Labute approximate surface area is 106 Å². The van der Waals surface area contributed by atoms with Crippen LogP contribution in [0.2, 0.25) is 19.6 Å². The Morgan fingerprint density at radius 3 is 1.31 bits per heavy atom. The van der Waals surface area contributed by atoms with Crippen LogP contribution in [0.4, 0.5) is 0 Å². The van der Waals surface area contributed by atoms with E-state index in [4.69, 9.17) is 0 Å². The van der Waals surface area contributed by atoms with Crippen molar-refractivity contribution in [3.05, 3.63) is 0 Å². The molecule has 0 N–H and O–H groups in total. The molecule has 96 valence electrons. The predicted octanol–water partition coefficient (Wildman–Crippen LogP) is -0.376. The van der Waals surface area contributed by atoms with E-state index in [1.54, 1.807) is 0 Å². The van der Waals surface area contributed by atoms with E-state index in [0.29, 0.717) is 6.17 Å². The van der Waals surface area contributed by atoms with Crippen LogP contribution in [-0.2, 0) is 0 Å². The van der Waals surface area contributed by atoms with E-state index in [9.17, 15) is 0 Å². The summed E-state index contributed by atoms with van der Waals surface area (Å²) in [6, 6.07) is 0. The van der Waals surface area contributed by atoms with Gasteiger partial charge in [-0.25, -0.2) is 0 Å². The molecular weight excluding hydrogens is 248 g/mol. The zero-order valence-electron chi connectivity index (χ0n) is 12.1. The fourth-order valence-corrected chi connectivity index (χ4v) is 13.9. The number of hydrogen-bond acceptors (Lipinski definition) is 4. The summed E-state index contributed by atoms with van der Waals surface area (Å²) in [5.41, 5.74) is 0. The van der Waals surface area contributed by atoms with Crippen LogP contribution in [0.15, 0.2) is 0 Å². The third-order valence-electron chi connectivity index (χ3n) is 4.72. The third-order valence-corrected chi connectivity index (χ3v) is 17.8. The van der Waals surface area contributed by atoms with Gasteiger partial charge in [-0.3, -0.25) is 0 Å². The Morgan fingerprint density at radius 2 is 1.00 bits per heavy atom. The summed E-state index contributed by atoms with van der Waals surface area (Å²) in [5, 5.41) is 0. The molecule has 0 amide bonds. The lowest BCUT2D eigenvalue weighted by Gasteiger charge is -2.50. The van der Waals surface area contributed by atoms with Crippen LogP contribution in [0.25, 0.3) is 0 Å². The van der Waals surface area contributed by atoms with E-state index in [2.05, 4.69) is 72.3 Å². The average molecular weight is 277 g/mol. The van der Waals surface area contributed by atoms with Crippen molar-refractivity contribution in [3.8, 4) is 0 Å². The van der Waals surface area contributed by atoms with Crippen molar-refractivity contribution in [3.63, 3.8) is 0 Å². The first-order chi connectivity index (χ1) is 7.29. The van der Waals surface area contributed by atoms with Crippen molar-refractivity contribution in [2.75, 3.05) is 28.2 Å². The molecule has 1 aliphatic rings. The fraction of sp³-hybridized carbons (Fsp3) is 1.00. The van der Waals surface area contributed by atoms with Crippen molar-refractivity contribution in [2.24, 2.45) is 0 Å². The number of hydrogen-bond donors (Lipinski definition) is 0. The van der Waals surface area contributed by atoms with Gasteiger partial charge in [-0.1, -0.05) is 0 Å². The van der Waals surface area contributed by atoms with Crippen molar-refractivity contribution in [1.82, 2.24) is 17.6 Å². The smallest absolute Gasteiger partial charge is 0.181 e. The summed E-state index contributed by atoms with van der Waals surface area (Å²) in [5.74, 6) is 0. The van der Waals surface area contributed by atoms with Gasteiger partial charge in [0.15, 0.2) is 27.4 Å². The minimum Gasteiger partial charge on any atom is -0.330 e. The fourth-order valence-electron chi connectivity index (χ4n) is 2.40. The van der Waals surface area contributed by atoms with Gasteiger partial charge in [-0.2, -0.15) is 0 Å². The third kappa shape index (κ3) is 2.50. The molecule has 1 saturated heterocycles. The molecule has 1 aliphatic heterocycles. The van der Waals surface area contributed by atoms with Crippen LogP contribution in [0.1, 0.15) is 6.92 Å². The van der Waals surface area contributed by atoms with Gasteiger partial charge in [0.05, 0.1) is 0 Å². The highest BCUT2D eigenvalue weighted by molar-refractivity contribution is 6.75. The minimum atomic E-state index is -0.910. The minimum absolute atomic E-state index is 0.592. The molecule has 1 rings (SSSR count). The zero-order valence-corrected chi connectivity index (χ0v) is 15.6. The van der Waals surface area contributed by atoms with Crippen molar-refractivity contribution >= 4 is 27.4 Å². The highest BCUT2D eigenvalue weighted by atomic mass is 28.4. The van der Waals surface area contributed by atoms with Crippen LogP contribution in [0.3, 0.4) is 0 Å². The Bertz CT molecular complexity index is 155. The standard InChI is InChI=1S/C9H28N4Si3/c1-9-10(2)14(6)12(4)16(8)13(5)15(7)11(9)3/h9,14-16H,1-8H3. The van der Waals surface area contributed by atoms with Gasteiger partial charge in [0.2, 0.25) is 0 Å². The topological polar surface area (TPSA) is 13.0 Å². The lowest BCUT2D eigenvalue weighted by Crippen LogP contribution is -2.70. The maximum absolute atomic E-state index is 2.73. The number of nitrogens with zero attached hydrogens (tertiary/aromatic N) is 4. The quantitative estimate of drug-likeness (QED) is 0.560. The van der Waals surface area contributed by atoms with E-state index in [-0.39, 0.29) is 0 Å². The predicted molar refractivity (Wildman–Crippen MR) is 79.6 cm³/mol. The highest BCUT2D eigenvalue weighted by Crippen LogP contribution is 2.16. The Balaban J connectivity index is 2.98. The first-order valence-electron chi connectivity index (χ1n) is 6.16. The summed E-state index contributed by atoms with van der Waals surface area (Å²) >= 11 is 0. The largest absolute Gasteiger partial charge is 0.330 e. The van der Waals surface area contributed by atoms with Crippen LogP contribution in [-0.4, -0.2) is 79.3 Å². The van der Waals surface area contributed by atoms with Crippen LogP contribution >= 0.6 is 0 Å². The Hall–Kier alpha value is 0.491. The summed E-state index contributed by atoms with van der Waals surface area (Å²) in [7, 11) is 6.62. The van der Waals surface area contributed by atoms with Gasteiger partial charge in [-0.05, 0) is 54.8 Å². The molecular formula is C9H28N4Si3. The van der Waals surface area contributed by atoms with E-state index < -0.39 is 27.4 Å². The van der Waals surface area contributed by atoms with E-state index >= 15 is 0 Å². The second-order valence-electron chi connectivity index (χ2n) is 5.19. The van der Waals surface area contributed by atoms with Gasteiger partial charge >= 0.3 is 0 Å². The molecule has 4 nitrogen and oxygen atoms in total. The summed E-state index contributed by atoms with van der Waals surface area (Å²) in [6.07, 6.45) is 0.592. The monoisotopic (exact) mass is 276 g/mol. The van der Waals surface area contributed by atoms with Gasteiger partial charge in [0.1, 0.15) is 0 Å². The number of rotatable bonds is 0. The van der Waals surface area contributed by atoms with Crippen LogP contribution in [0.5, 0.6) is 0 Å². The molecule has 0 aromatic rings. The van der Waals surface area contributed by atoms with Gasteiger partial charge in [-0.15, -0.1) is 0 Å². The maximum Gasteiger partial charge on any atom is 0.181 e. The molecule has 1 heterocycles. The maximum atomic E-state index is 2.73. The molecule has 0 saturated carbocycles. The summed E-state index contributed by atoms with van der Waals surface area (Å²) < 4.78 is 10.7. The lowest BCUT2D eigenvalue weighted by molar-refractivity contribution is 0.224. The Morgan fingerprint density at radius 1 is 0.688 bits per heavy atom. The second kappa shape index (κ2) is 5.42. The van der Waals surface area contributed by atoms with E-state index in [0.717, 1.165) is 0 Å². The molecule has 0 aromatic heterocycles. The molecule has 0 aliphatic carbocycles. The summed E-state index contributed by atoms with van der Waals surface area (Å²) in [4.78, 5) is 0. The molecule has 0 aromatic carbocycles. The van der Waals surface area contributed by atoms with E-state index in [1.165, 1.54) is 0 Å². The lowest BCUT2D eigenvalue weighted by atomic mass is 10.6. The van der Waals surface area contributed by atoms with Crippen molar-refractivity contribution in [1.29, 1.82) is 0 Å². The summed E-state index contributed by atoms with van der Waals surface area (Å²) in [6.45, 7) is 9.75. The molecule has 2 unspecified atom stereocenters. The molecule has 1 fully saturated rings. The normalized spacial score (nSPS) is 42.0. The average Bonchev–Trinajstić information content (AvgIpc) is 2.30. The molecule has 7 heteroatoms. The molecule has 2 atom stereocenters. The van der Waals surface area contributed by atoms with Crippen molar-refractivity contribution in [2.45, 2.75) is 32.7 Å². The Kier molecular flexibility index (Phi) is 4.93. The second-order valence-corrected chi connectivity index (χ2v) is 15.1. The zero-order chi connectivity index (χ0) is 12.6. The van der Waals surface area contributed by atoms with Gasteiger partial charge < -0.3 is 17.6 Å². The molecule has 0 bridgehead atoms.